The summed E-state index contributed by atoms with van der Waals surface area (Å²) in [7, 11) is 1.67. The fourth-order valence-electron chi connectivity index (χ4n) is 1.43. The Morgan fingerprint density at radius 1 is 1.40 bits per heavy atom. The highest BCUT2D eigenvalue weighted by Crippen LogP contribution is 2.22. The zero-order chi connectivity index (χ0) is 11.1. The molecule has 0 spiro atoms. The average molecular weight is 224 g/mol. The molecule has 0 aliphatic heterocycles. The van der Waals surface area contributed by atoms with E-state index >= 15 is 0 Å². The summed E-state index contributed by atoms with van der Waals surface area (Å²) in [6, 6.07) is 9.74. The summed E-state index contributed by atoms with van der Waals surface area (Å²) in [5.74, 6) is -0.0579. The van der Waals surface area contributed by atoms with Gasteiger partial charge in [-0.25, -0.2) is 0 Å². The number of hydrogen-bond acceptors (Lipinski definition) is 2. The molecule has 0 N–H and O–H groups in total. The second kappa shape index (κ2) is 6.44. The molecule has 0 radical (unpaired) electrons. The lowest BCUT2D eigenvalue weighted by Crippen LogP contribution is -1.98. The summed E-state index contributed by atoms with van der Waals surface area (Å²) < 4.78 is 4.96. The number of methoxy groups -OCH3 is 1. The summed E-state index contributed by atoms with van der Waals surface area (Å²) in [5, 5.41) is 9.73. The van der Waals surface area contributed by atoms with Crippen LogP contribution in [0, 0.1) is 11.3 Å². The van der Waals surface area contributed by atoms with Gasteiger partial charge in [-0.15, -0.1) is 0 Å². The van der Waals surface area contributed by atoms with E-state index in [1.807, 2.05) is 24.3 Å². The number of hydrogen-bond donors (Lipinski definition) is 0. The predicted molar refractivity (Wildman–Crippen MR) is 60.9 cm³/mol. The summed E-state index contributed by atoms with van der Waals surface area (Å²) in [4.78, 5) is 0. The zero-order valence-corrected chi connectivity index (χ0v) is 9.50. The minimum Gasteiger partial charge on any atom is -0.385 e. The normalized spacial score (nSPS) is 12.1. The highest BCUT2D eigenvalue weighted by Gasteiger charge is 2.09. The van der Waals surface area contributed by atoms with Crippen molar-refractivity contribution in [3.05, 3.63) is 34.9 Å². The van der Waals surface area contributed by atoms with Crippen molar-refractivity contribution in [2.24, 2.45) is 0 Å². The maximum atomic E-state index is 9.02. The van der Waals surface area contributed by atoms with Crippen LogP contribution in [0.3, 0.4) is 0 Å². The molecule has 1 atom stereocenters. The molecule has 1 aromatic carbocycles. The van der Waals surface area contributed by atoms with Crippen molar-refractivity contribution in [2.45, 2.75) is 18.8 Å². The fraction of sp³-hybridized carbons (Fsp3) is 0.417. The van der Waals surface area contributed by atoms with Gasteiger partial charge in [0.1, 0.15) is 0 Å². The highest BCUT2D eigenvalue weighted by atomic mass is 35.5. The van der Waals surface area contributed by atoms with Gasteiger partial charge < -0.3 is 4.74 Å². The lowest BCUT2D eigenvalue weighted by molar-refractivity contribution is 0.192. The zero-order valence-electron chi connectivity index (χ0n) is 8.74. The van der Waals surface area contributed by atoms with Crippen LogP contribution in [-0.2, 0) is 4.74 Å². The van der Waals surface area contributed by atoms with Gasteiger partial charge in [-0.3, -0.25) is 0 Å². The minimum atomic E-state index is -0.0579. The molecule has 1 rings (SSSR count). The van der Waals surface area contributed by atoms with Crippen molar-refractivity contribution in [2.75, 3.05) is 13.7 Å². The molecule has 1 aromatic rings. The van der Waals surface area contributed by atoms with Crippen molar-refractivity contribution >= 4 is 11.6 Å². The second-order valence-electron chi connectivity index (χ2n) is 3.37. The van der Waals surface area contributed by atoms with Crippen LogP contribution in [0.1, 0.15) is 24.3 Å². The summed E-state index contributed by atoms with van der Waals surface area (Å²) >= 11 is 5.78. The second-order valence-corrected chi connectivity index (χ2v) is 3.80. The smallest absolute Gasteiger partial charge is 0.0713 e. The summed E-state index contributed by atoms with van der Waals surface area (Å²) in [5.41, 5.74) is 1.03. The van der Waals surface area contributed by atoms with E-state index in [0.29, 0.717) is 11.6 Å². The van der Waals surface area contributed by atoms with Crippen LogP contribution in [0.15, 0.2) is 24.3 Å². The Bertz CT molecular complexity index is 328. The Kier molecular flexibility index (Phi) is 5.17. The standard InChI is InChI=1S/C12H14ClNO/c1-15-8-2-3-11(9-14)10-4-6-12(13)7-5-10/h4-7,11H,2-3,8H2,1H3. The van der Waals surface area contributed by atoms with Gasteiger partial charge in [0.15, 0.2) is 0 Å². The van der Waals surface area contributed by atoms with Crippen LogP contribution >= 0.6 is 11.6 Å². The van der Waals surface area contributed by atoms with Gasteiger partial charge in [-0.2, -0.15) is 5.26 Å². The lowest BCUT2D eigenvalue weighted by atomic mass is 9.96. The first kappa shape index (κ1) is 12.0. The van der Waals surface area contributed by atoms with Gasteiger partial charge in [0, 0.05) is 18.7 Å². The number of nitriles is 1. The van der Waals surface area contributed by atoms with Crippen molar-refractivity contribution in [1.29, 1.82) is 5.26 Å². The van der Waals surface area contributed by atoms with Gasteiger partial charge in [0.05, 0.1) is 12.0 Å². The molecule has 0 bridgehead atoms. The minimum absolute atomic E-state index is 0.0579. The van der Waals surface area contributed by atoms with Gasteiger partial charge in [0.25, 0.3) is 0 Å². The largest absolute Gasteiger partial charge is 0.385 e. The Morgan fingerprint density at radius 2 is 2.07 bits per heavy atom. The first-order valence-electron chi connectivity index (χ1n) is 4.92. The number of halogens is 1. The Balaban J connectivity index is 2.59. The van der Waals surface area contributed by atoms with Gasteiger partial charge >= 0.3 is 0 Å². The van der Waals surface area contributed by atoms with Crippen molar-refractivity contribution < 1.29 is 4.74 Å². The molecule has 0 aliphatic rings. The molecule has 0 heterocycles. The first-order chi connectivity index (χ1) is 7.27. The van der Waals surface area contributed by atoms with E-state index in [2.05, 4.69) is 6.07 Å². The predicted octanol–water partition coefficient (Wildman–Crippen LogP) is 3.37. The van der Waals surface area contributed by atoms with E-state index in [0.717, 1.165) is 18.4 Å². The average Bonchev–Trinajstić information content (AvgIpc) is 2.26. The maximum absolute atomic E-state index is 9.02. The number of rotatable bonds is 5. The van der Waals surface area contributed by atoms with E-state index in [9.17, 15) is 0 Å². The molecular formula is C12H14ClNO. The Hall–Kier alpha value is -1.04. The van der Waals surface area contributed by atoms with Crippen molar-refractivity contribution in [1.82, 2.24) is 0 Å². The number of ether oxygens (including phenoxy) is 1. The van der Waals surface area contributed by atoms with Crippen LogP contribution < -0.4 is 0 Å². The van der Waals surface area contributed by atoms with Crippen LogP contribution in [0.25, 0.3) is 0 Å². The van der Waals surface area contributed by atoms with E-state index in [1.54, 1.807) is 7.11 Å². The fourth-order valence-corrected chi connectivity index (χ4v) is 1.56. The van der Waals surface area contributed by atoms with Crippen LogP contribution in [0.4, 0.5) is 0 Å². The van der Waals surface area contributed by atoms with Crippen molar-refractivity contribution in [3.63, 3.8) is 0 Å². The van der Waals surface area contributed by atoms with Gasteiger partial charge in [-0.05, 0) is 30.5 Å². The third-order valence-electron chi connectivity index (χ3n) is 2.27. The van der Waals surface area contributed by atoms with Crippen LogP contribution in [0.5, 0.6) is 0 Å². The first-order valence-corrected chi connectivity index (χ1v) is 5.29. The van der Waals surface area contributed by atoms with Crippen LogP contribution in [-0.4, -0.2) is 13.7 Å². The quantitative estimate of drug-likeness (QED) is 0.717. The molecule has 80 valence electrons. The number of benzene rings is 1. The Morgan fingerprint density at radius 3 is 2.60 bits per heavy atom. The molecule has 0 aromatic heterocycles. The van der Waals surface area contributed by atoms with E-state index in [-0.39, 0.29) is 5.92 Å². The monoisotopic (exact) mass is 223 g/mol. The molecule has 0 saturated heterocycles. The van der Waals surface area contributed by atoms with Crippen LogP contribution in [0.2, 0.25) is 5.02 Å². The molecule has 0 aliphatic carbocycles. The molecule has 15 heavy (non-hydrogen) atoms. The van der Waals surface area contributed by atoms with E-state index < -0.39 is 0 Å². The maximum Gasteiger partial charge on any atom is 0.0713 e. The lowest BCUT2D eigenvalue weighted by Gasteiger charge is -2.08. The highest BCUT2D eigenvalue weighted by molar-refractivity contribution is 6.30. The van der Waals surface area contributed by atoms with Crippen molar-refractivity contribution in [3.8, 4) is 6.07 Å². The van der Waals surface area contributed by atoms with Gasteiger partial charge in [-0.1, -0.05) is 23.7 Å². The summed E-state index contributed by atoms with van der Waals surface area (Å²) in [6.07, 6.45) is 1.73. The van der Waals surface area contributed by atoms with Gasteiger partial charge in [0.2, 0.25) is 0 Å². The molecule has 0 fully saturated rings. The molecule has 3 heteroatoms. The number of nitrogens with zero attached hydrogens (tertiary/aromatic N) is 1. The molecule has 1 unspecified atom stereocenters. The third kappa shape index (κ3) is 3.91. The van der Waals surface area contributed by atoms with E-state index in [1.165, 1.54) is 0 Å². The molecule has 0 amide bonds. The molecule has 2 nitrogen and oxygen atoms in total. The molecule has 0 saturated carbocycles. The summed E-state index contributed by atoms with van der Waals surface area (Å²) in [6.45, 7) is 0.700. The third-order valence-corrected chi connectivity index (χ3v) is 2.52. The topological polar surface area (TPSA) is 33.0 Å². The Labute approximate surface area is 95.4 Å². The SMILES string of the molecule is COCCCC(C#N)c1ccc(Cl)cc1. The van der Waals surface area contributed by atoms with E-state index in [4.69, 9.17) is 21.6 Å². The molecular weight excluding hydrogens is 210 g/mol.